The summed E-state index contributed by atoms with van der Waals surface area (Å²) in [6.45, 7) is 9.81. The van der Waals surface area contributed by atoms with Crippen LogP contribution >= 0.6 is 0 Å². The molecule has 4 atom stereocenters. The van der Waals surface area contributed by atoms with Crippen LogP contribution in [-0.4, -0.2) is 154 Å². The van der Waals surface area contributed by atoms with Crippen molar-refractivity contribution in [3.63, 3.8) is 0 Å². The lowest BCUT2D eigenvalue weighted by atomic mass is 10.1. The first kappa shape index (κ1) is 53.7. The second kappa shape index (κ2) is 24.2. The molecule has 68 heavy (non-hydrogen) atoms. The zero-order chi connectivity index (χ0) is 50.3. The summed E-state index contributed by atoms with van der Waals surface area (Å²) >= 11 is 0. The number of piperazine rings is 2. The van der Waals surface area contributed by atoms with Gasteiger partial charge in [-0.2, -0.15) is 0 Å². The Kier molecular flexibility index (Phi) is 19.1. The van der Waals surface area contributed by atoms with Crippen LogP contribution in [-0.2, 0) is 80.0 Å². The van der Waals surface area contributed by atoms with Crippen LogP contribution in [0.3, 0.4) is 0 Å². The van der Waals surface area contributed by atoms with Crippen molar-refractivity contribution in [2.45, 2.75) is 117 Å². The first-order chi connectivity index (χ1) is 31.9. The number of rotatable bonds is 19. The van der Waals surface area contributed by atoms with E-state index in [1.54, 1.807) is 116 Å². The van der Waals surface area contributed by atoms with Crippen molar-refractivity contribution in [1.29, 1.82) is 0 Å². The molecule has 0 aliphatic carbocycles. The number of carbonyl (C=O) groups excluding carboxylic acids is 10. The van der Waals surface area contributed by atoms with E-state index >= 15 is 0 Å². The number of carbonyl (C=O) groups is 10. The fourth-order valence-corrected chi connectivity index (χ4v) is 6.57. The monoisotopic (exact) mass is 952 g/mol. The standard InChI is InChI=1S/C46H60N6O16/c1-29(49-21-35(53)51(36(54)22-49)27-65-41(59)33(47-43(61)67-45(3,4)5)19-39(57)63-25-31-15-11-9-12-16-31)30(2)50-23-37(55)52(38(56)24-50)28-66-42(60)34(48-44(62)68-46(6,7)8)20-40(58)64-26-32-17-13-10-14-18-32/h9-18,29-30,33-34H,19-28H2,1-8H3,(H,47,61)(H,48,62)/t29-,30+,33-,34-/m0/s1. The smallest absolute Gasteiger partial charge is 0.408 e. The highest BCUT2D eigenvalue weighted by Crippen LogP contribution is 2.19. The predicted molar refractivity (Wildman–Crippen MR) is 236 cm³/mol. The number of benzene rings is 2. The van der Waals surface area contributed by atoms with Gasteiger partial charge in [-0.15, -0.1) is 0 Å². The third-order valence-corrected chi connectivity index (χ3v) is 10.3. The number of imide groups is 2. The number of esters is 4. The summed E-state index contributed by atoms with van der Waals surface area (Å²) < 4.78 is 31.5. The number of hydrogen-bond donors (Lipinski definition) is 2. The molecule has 2 aromatic rings. The van der Waals surface area contributed by atoms with Crippen LogP contribution in [0.2, 0.25) is 0 Å². The topological polar surface area (TPSA) is 263 Å². The molecule has 4 rings (SSSR count). The van der Waals surface area contributed by atoms with Gasteiger partial charge in [-0.25, -0.2) is 29.0 Å². The van der Waals surface area contributed by atoms with Crippen molar-refractivity contribution in [2.24, 2.45) is 0 Å². The van der Waals surface area contributed by atoms with E-state index in [4.69, 9.17) is 28.4 Å². The van der Waals surface area contributed by atoms with Crippen molar-refractivity contribution >= 4 is 59.7 Å². The number of nitrogens with one attached hydrogen (secondary N) is 2. The molecule has 2 heterocycles. The molecule has 0 spiro atoms. The average molecular weight is 953 g/mol. The van der Waals surface area contributed by atoms with Gasteiger partial charge >= 0.3 is 36.1 Å². The Morgan fingerprint density at radius 3 is 1.12 bits per heavy atom. The number of ether oxygens (including phenoxy) is 6. The van der Waals surface area contributed by atoms with Gasteiger partial charge in [-0.05, 0) is 66.5 Å². The van der Waals surface area contributed by atoms with Crippen LogP contribution in [0.25, 0.3) is 0 Å². The molecular weight excluding hydrogens is 893 g/mol. The second-order valence-corrected chi connectivity index (χ2v) is 18.0. The van der Waals surface area contributed by atoms with Gasteiger partial charge in [0.1, 0.15) is 36.5 Å². The fourth-order valence-electron chi connectivity index (χ4n) is 6.57. The minimum absolute atomic E-state index is 0.102. The van der Waals surface area contributed by atoms with Crippen molar-refractivity contribution in [3.8, 4) is 0 Å². The van der Waals surface area contributed by atoms with Crippen LogP contribution in [0.5, 0.6) is 0 Å². The van der Waals surface area contributed by atoms with Crippen molar-refractivity contribution in [2.75, 3.05) is 39.6 Å². The Balaban J connectivity index is 1.30. The molecule has 22 heteroatoms. The molecule has 2 fully saturated rings. The van der Waals surface area contributed by atoms with Gasteiger partial charge in [-0.3, -0.25) is 38.6 Å². The maximum Gasteiger partial charge on any atom is 0.408 e. The van der Waals surface area contributed by atoms with E-state index in [1.807, 2.05) is 0 Å². The van der Waals surface area contributed by atoms with Crippen LogP contribution in [0.4, 0.5) is 9.59 Å². The van der Waals surface area contributed by atoms with Crippen LogP contribution in [0, 0.1) is 0 Å². The summed E-state index contributed by atoms with van der Waals surface area (Å²) in [5.41, 5.74) is -0.537. The number of hydrogen-bond acceptors (Lipinski definition) is 18. The maximum atomic E-state index is 13.3. The van der Waals surface area contributed by atoms with Crippen LogP contribution < -0.4 is 10.6 Å². The van der Waals surface area contributed by atoms with Gasteiger partial charge in [0.25, 0.3) is 0 Å². The van der Waals surface area contributed by atoms with E-state index in [0.717, 1.165) is 0 Å². The fraction of sp³-hybridized carbons (Fsp3) is 0.522. The molecule has 2 aliphatic heterocycles. The van der Waals surface area contributed by atoms with E-state index in [1.165, 1.54) is 9.80 Å². The average Bonchev–Trinajstić information content (AvgIpc) is 3.25. The normalized spacial score (nSPS) is 16.7. The first-order valence-corrected chi connectivity index (χ1v) is 21.7. The largest absolute Gasteiger partial charge is 0.461 e. The van der Waals surface area contributed by atoms with Gasteiger partial charge in [0, 0.05) is 12.1 Å². The van der Waals surface area contributed by atoms with Crippen LogP contribution in [0.1, 0.15) is 79.4 Å². The van der Waals surface area contributed by atoms with Gasteiger partial charge in [0.2, 0.25) is 23.6 Å². The SMILES string of the molecule is C[C@H]([C@H](C)N1CC(=O)N(COC(=O)[C@H](CC(=O)OCc2ccccc2)NC(=O)OC(C)(C)C)C(=O)C1)N1CC(=O)N(COC(=O)[C@H](CC(=O)OCc2ccccc2)NC(=O)OC(C)(C)C)C(=O)C1. The predicted octanol–water partition coefficient (Wildman–Crippen LogP) is 2.16. The lowest BCUT2D eigenvalue weighted by molar-refractivity contribution is -0.170. The number of alkyl carbamates (subject to hydrolysis) is 2. The molecular formula is C46H60N6O16. The lowest BCUT2D eigenvalue weighted by Crippen LogP contribution is -2.63. The van der Waals surface area contributed by atoms with Gasteiger partial charge in [0.05, 0.1) is 39.0 Å². The molecule has 6 amide bonds. The highest BCUT2D eigenvalue weighted by Gasteiger charge is 2.41. The summed E-state index contributed by atoms with van der Waals surface area (Å²) in [6, 6.07) is 13.1. The van der Waals surface area contributed by atoms with Crippen molar-refractivity contribution < 1.29 is 76.4 Å². The summed E-state index contributed by atoms with van der Waals surface area (Å²) in [6.07, 6.45) is -3.35. The Bertz CT molecular complexity index is 1970. The lowest BCUT2D eigenvalue weighted by Gasteiger charge is -2.43. The highest BCUT2D eigenvalue weighted by molar-refractivity contribution is 6.00. The van der Waals surface area contributed by atoms with Crippen LogP contribution in [0.15, 0.2) is 60.7 Å². The van der Waals surface area contributed by atoms with Gasteiger partial charge < -0.3 is 39.1 Å². The Labute approximate surface area is 393 Å². The number of nitrogens with zero attached hydrogens (tertiary/aromatic N) is 4. The highest BCUT2D eigenvalue weighted by atomic mass is 16.6. The zero-order valence-corrected chi connectivity index (χ0v) is 39.5. The number of amides is 6. The van der Waals surface area contributed by atoms with E-state index in [-0.39, 0.29) is 39.4 Å². The minimum atomic E-state index is -1.60. The van der Waals surface area contributed by atoms with Crippen molar-refractivity contribution in [1.82, 2.24) is 30.2 Å². The molecule has 2 aliphatic rings. The molecule has 2 saturated heterocycles. The van der Waals surface area contributed by atoms with Crippen molar-refractivity contribution in [3.05, 3.63) is 71.8 Å². The van der Waals surface area contributed by atoms with E-state index < -0.39 is 121 Å². The molecule has 2 N–H and O–H groups in total. The molecule has 0 bridgehead atoms. The molecule has 0 aromatic heterocycles. The van der Waals surface area contributed by atoms with Gasteiger partial charge in [0.15, 0.2) is 13.5 Å². The summed E-state index contributed by atoms with van der Waals surface area (Å²) in [5, 5.41) is 4.57. The molecule has 370 valence electrons. The zero-order valence-electron chi connectivity index (χ0n) is 39.5. The second-order valence-electron chi connectivity index (χ2n) is 18.0. The summed E-state index contributed by atoms with van der Waals surface area (Å²) in [5.74, 6) is -6.95. The van der Waals surface area contributed by atoms with E-state index in [2.05, 4.69) is 10.6 Å². The maximum absolute atomic E-state index is 13.3. The minimum Gasteiger partial charge on any atom is -0.461 e. The molecule has 0 radical (unpaired) electrons. The molecule has 0 saturated carbocycles. The van der Waals surface area contributed by atoms with E-state index in [0.29, 0.717) is 20.9 Å². The molecule has 22 nitrogen and oxygen atoms in total. The Morgan fingerprint density at radius 2 is 0.824 bits per heavy atom. The third-order valence-electron chi connectivity index (χ3n) is 10.3. The Hall–Kier alpha value is -6.94. The molecule has 2 aromatic carbocycles. The Morgan fingerprint density at radius 1 is 0.515 bits per heavy atom. The van der Waals surface area contributed by atoms with Gasteiger partial charge in [-0.1, -0.05) is 60.7 Å². The quantitative estimate of drug-likeness (QED) is 0.116. The first-order valence-electron chi connectivity index (χ1n) is 21.7. The molecule has 0 unspecified atom stereocenters. The summed E-state index contributed by atoms with van der Waals surface area (Å²) in [7, 11) is 0. The van der Waals surface area contributed by atoms with E-state index in [9.17, 15) is 47.9 Å². The summed E-state index contributed by atoms with van der Waals surface area (Å²) in [4.78, 5) is 135. The third kappa shape index (κ3) is 17.4.